The maximum atomic E-state index is 12.7. The van der Waals surface area contributed by atoms with Gasteiger partial charge >= 0.3 is 0 Å². The average Bonchev–Trinajstić information content (AvgIpc) is 2.62. The predicted octanol–water partition coefficient (Wildman–Crippen LogP) is 3.82. The number of amides is 2. The Labute approximate surface area is 157 Å². The van der Waals surface area contributed by atoms with Crippen molar-refractivity contribution in [3.8, 4) is 5.75 Å². The van der Waals surface area contributed by atoms with Crippen LogP contribution >= 0.6 is 11.6 Å². The molecule has 0 radical (unpaired) electrons. The predicted molar refractivity (Wildman–Crippen MR) is 102 cm³/mol. The largest absolute Gasteiger partial charge is 0.495 e. The molecule has 2 aromatic carbocycles. The molecular formula is C20H21ClN2O3. The monoisotopic (exact) mass is 372 g/mol. The third-order valence-corrected chi connectivity index (χ3v) is 4.87. The molecule has 1 atom stereocenters. The minimum Gasteiger partial charge on any atom is -0.495 e. The molecule has 6 heteroatoms. The van der Waals surface area contributed by atoms with Crippen molar-refractivity contribution in [2.24, 2.45) is 0 Å². The van der Waals surface area contributed by atoms with Gasteiger partial charge in [0, 0.05) is 18.5 Å². The quantitative estimate of drug-likeness (QED) is 0.887. The van der Waals surface area contributed by atoms with Crippen LogP contribution in [0.15, 0.2) is 42.5 Å². The van der Waals surface area contributed by atoms with Crippen molar-refractivity contribution in [3.05, 3.63) is 58.6 Å². The van der Waals surface area contributed by atoms with Crippen molar-refractivity contribution >= 4 is 29.1 Å². The van der Waals surface area contributed by atoms with Crippen LogP contribution in [0.2, 0.25) is 5.02 Å². The summed E-state index contributed by atoms with van der Waals surface area (Å²) < 4.78 is 5.27. The third kappa shape index (κ3) is 3.83. The molecule has 0 bridgehead atoms. The first-order valence-electron chi connectivity index (χ1n) is 8.48. The zero-order valence-corrected chi connectivity index (χ0v) is 15.5. The summed E-state index contributed by atoms with van der Waals surface area (Å²) in [7, 11) is 1.54. The van der Waals surface area contributed by atoms with Crippen LogP contribution in [0.1, 0.15) is 30.5 Å². The summed E-state index contributed by atoms with van der Waals surface area (Å²) in [5, 5.41) is 3.36. The third-order valence-electron chi connectivity index (χ3n) is 4.63. The smallest absolute Gasteiger partial charge is 0.226 e. The van der Waals surface area contributed by atoms with Gasteiger partial charge in [-0.25, -0.2) is 0 Å². The highest BCUT2D eigenvalue weighted by molar-refractivity contribution is 6.31. The number of nitrogens with one attached hydrogen (secondary N) is 1. The molecule has 0 saturated carbocycles. The van der Waals surface area contributed by atoms with E-state index in [4.69, 9.17) is 16.3 Å². The first kappa shape index (κ1) is 18.3. The number of benzene rings is 2. The maximum Gasteiger partial charge on any atom is 0.226 e. The topological polar surface area (TPSA) is 58.6 Å². The van der Waals surface area contributed by atoms with E-state index in [-0.39, 0.29) is 24.3 Å². The normalized spacial score (nSPS) is 16.0. The van der Waals surface area contributed by atoms with Gasteiger partial charge in [0.2, 0.25) is 11.8 Å². The molecule has 136 valence electrons. The maximum absolute atomic E-state index is 12.7. The Hall–Kier alpha value is -2.53. The molecule has 0 saturated heterocycles. The van der Waals surface area contributed by atoms with Gasteiger partial charge in [0.1, 0.15) is 5.75 Å². The number of carbonyl (C=O) groups is 2. The summed E-state index contributed by atoms with van der Waals surface area (Å²) in [5.74, 6) is 0.311. The second-order valence-electron chi connectivity index (χ2n) is 6.27. The number of methoxy groups -OCH3 is 1. The van der Waals surface area contributed by atoms with E-state index >= 15 is 0 Å². The van der Waals surface area contributed by atoms with Gasteiger partial charge in [-0.1, -0.05) is 35.9 Å². The Bertz CT molecular complexity index is 838. The van der Waals surface area contributed by atoms with Crippen molar-refractivity contribution in [2.75, 3.05) is 19.0 Å². The molecule has 26 heavy (non-hydrogen) atoms. The SMILES string of the molecule is COc1ccc(Cl)cc1NC(=O)C[C@H]1c2ccccc2CCN1C(C)=O. The number of hydrogen-bond acceptors (Lipinski definition) is 3. The van der Waals surface area contributed by atoms with Crippen LogP contribution in [0.25, 0.3) is 0 Å². The van der Waals surface area contributed by atoms with E-state index in [1.807, 2.05) is 18.2 Å². The van der Waals surface area contributed by atoms with Gasteiger partial charge in [-0.2, -0.15) is 0 Å². The number of nitrogens with zero attached hydrogens (tertiary/aromatic N) is 1. The fourth-order valence-corrected chi connectivity index (χ4v) is 3.58. The van der Waals surface area contributed by atoms with E-state index in [9.17, 15) is 9.59 Å². The van der Waals surface area contributed by atoms with Gasteiger partial charge in [-0.3, -0.25) is 9.59 Å². The van der Waals surface area contributed by atoms with Crippen molar-refractivity contribution in [1.82, 2.24) is 4.90 Å². The number of fused-ring (bicyclic) bond motifs is 1. The Kier molecular flexibility index (Phi) is 5.47. The fraction of sp³-hybridized carbons (Fsp3) is 0.300. The van der Waals surface area contributed by atoms with Gasteiger partial charge in [-0.15, -0.1) is 0 Å². The zero-order valence-electron chi connectivity index (χ0n) is 14.8. The highest BCUT2D eigenvalue weighted by atomic mass is 35.5. The lowest BCUT2D eigenvalue weighted by Crippen LogP contribution is -2.40. The summed E-state index contributed by atoms with van der Waals surface area (Å²) in [6.45, 7) is 2.16. The lowest BCUT2D eigenvalue weighted by Gasteiger charge is -2.36. The van der Waals surface area contributed by atoms with Gasteiger partial charge in [-0.05, 0) is 35.7 Å². The summed E-state index contributed by atoms with van der Waals surface area (Å²) in [4.78, 5) is 26.5. The van der Waals surface area contributed by atoms with Crippen LogP contribution in [-0.4, -0.2) is 30.4 Å². The van der Waals surface area contributed by atoms with Crippen LogP contribution in [0, 0.1) is 0 Å². The number of ether oxygens (including phenoxy) is 1. The molecule has 1 aliphatic rings. The number of rotatable bonds is 4. The van der Waals surface area contributed by atoms with E-state index in [1.54, 1.807) is 30.0 Å². The van der Waals surface area contributed by atoms with Crippen molar-refractivity contribution < 1.29 is 14.3 Å². The summed E-state index contributed by atoms with van der Waals surface area (Å²) in [6.07, 6.45) is 0.974. The van der Waals surface area contributed by atoms with E-state index in [0.29, 0.717) is 23.0 Å². The van der Waals surface area contributed by atoms with Crippen molar-refractivity contribution in [3.63, 3.8) is 0 Å². The molecule has 2 aromatic rings. The second-order valence-corrected chi connectivity index (χ2v) is 6.71. The summed E-state index contributed by atoms with van der Waals surface area (Å²) >= 11 is 6.02. The van der Waals surface area contributed by atoms with E-state index < -0.39 is 0 Å². The van der Waals surface area contributed by atoms with Crippen molar-refractivity contribution in [2.45, 2.75) is 25.8 Å². The van der Waals surface area contributed by atoms with Crippen molar-refractivity contribution in [1.29, 1.82) is 0 Å². The molecule has 1 aliphatic heterocycles. The highest BCUT2D eigenvalue weighted by Gasteiger charge is 2.30. The van der Waals surface area contributed by atoms with Crippen LogP contribution in [-0.2, 0) is 16.0 Å². The molecular weight excluding hydrogens is 352 g/mol. The summed E-state index contributed by atoms with van der Waals surface area (Å²) in [5.41, 5.74) is 2.73. The van der Waals surface area contributed by atoms with E-state index in [1.165, 1.54) is 12.7 Å². The highest BCUT2D eigenvalue weighted by Crippen LogP contribution is 2.33. The molecule has 5 nitrogen and oxygen atoms in total. The molecule has 1 heterocycles. The first-order valence-corrected chi connectivity index (χ1v) is 8.86. The van der Waals surface area contributed by atoms with Crippen LogP contribution < -0.4 is 10.1 Å². The van der Waals surface area contributed by atoms with Gasteiger partial charge in [0.05, 0.1) is 25.3 Å². The Morgan fingerprint density at radius 2 is 2.04 bits per heavy atom. The number of anilines is 1. The lowest BCUT2D eigenvalue weighted by atomic mass is 9.90. The molecule has 0 spiro atoms. The molecule has 3 rings (SSSR count). The Morgan fingerprint density at radius 1 is 1.27 bits per heavy atom. The van der Waals surface area contributed by atoms with Crippen LogP contribution in [0.3, 0.4) is 0 Å². The lowest BCUT2D eigenvalue weighted by molar-refractivity contribution is -0.132. The van der Waals surface area contributed by atoms with Crippen LogP contribution in [0.5, 0.6) is 5.75 Å². The number of carbonyl (C=O) groups excluding carboxylic acids is 2. The molecule has 0 aliphatic carbocycles. The molecule has 0 fully saturated rings. The van der Waals surface area contributed by atoms with Crippen LogP contribution in [0.4, 0.5) is 5.69 Å². The summed E-state index contributed by atoms with van der Waals surface area (Å²) in [6, 6.07) is 12.7. The zero-order chi connectivity index (χ0) is 18.7. The number of halogens is 1. The van der Waals surface area contributed by atoms with E-state index in [0.717, 1.165) is 12.0 Å². The molecule has 1 N–H and O–H groups in total. The van der Waals surface area contributed by atoms with Gasteiger partial charge in [0.15, 0.2) is 0 Å². The van der Waals surface area contributed by atoms with Gasteiger partial charge in [0.25, 0.3) is 0 Å². The average molecular weight is 373 g/mol. The molecule has 0 unspecified atom stereocenters. The first-order chi connectivity index (χ1) is 12.5. The Morgan fingerprint density at radius 3 is 2.77 bits per heavy atom. The Balaban J connectivity index is 1.83. The second kappa shape index (κ2) is 7.79. The number of hydrogen-bond donors (Lipinski definition) is 1. The van der Waals surface area contributed by atoms with E-state index in [2.05, 4.69) is 11.4 Å². The standard InChI is InChI=1S/C20H21ClN2O3/c1-13(24)23-10-9-14-5-3-4-6-16(14)18(23)12-20(25)22-17-11-15(21)7-8-19(17)26-2/h3-8,11,18H,9-10,12H2,1-2H3,(H,22,25)/t18-/m0/s1. The molecule has 0 aromatic heterocycles. The fourth-order valence-electron chi connectivity index (χ4n) is 3.40. The van der Waals surface area contributed by atoms with Gasteiger partial charge < -0.3 is 15.0 Å². The minimum absolute atomic E-state index is 0.0300. The minimum atomic E-state index is -0.275. The molecule has 2 amide bonds.